The zero-order valence-electron chi connectivity index (χ0n) is 11.8. The van der Waals surface area contributed by atoms with Crippen LogP contribution in [0.5, 0.6) is 5.75 Å². The number of thiophene rings is 1. The fourth-order valence-electron chi connectivity index (χ4n) is 2.05. The van der Waals surface area contributed by atoms with Gasteiger partial charge in [-0.25, -0.2) is 0 Å². The molecule has 1 aromatic heterocycles. The van der Waals surface area contributed by atoms with Crippen LogP contribution in [0.25, 0.3) is 6.08 Å². The summed E-state index contributed by atoms with van der Waals surface area (Å²) in [6.45, 7) is 2.55. The van der Waals surface area contributed by atoms with Gasteiger partial charge in [0.25, 0.3) is 5.91 Å². The molecule has 0 atom stereocenters. The first-order chi connectivity index (χ1) is 10.7. The van der Waals surface area contributed by atoms with Crippen LogP contribution < -0.4 is 9.64 Å². The number of carbonyl (C=O) groups is 1. The predicted molar refractivity (Wildman–Crippen MR) is 97.6 cm³/mol. The van der Waals surface area contributed by atoms with Crippen LogP contribution in [-0.2, 0) is 4.79 Å². The molecule has 0 radical (unpaired) electrons. The molecular weight excluding hydrogens is 334 g/mol. The van der Waals surface area contributed by atoms with Crippen molar-refractivity contribution in [2.75, 3.05) is 11.5 Å². The number of thioether (sulfide) groups is 1. The summed E-state index contributed by atoms with van der Waals surface area (Å²) in [6, 6.07) is 11.3. The lowest BCUT2D eigenvalue weighted by Crippen LogP contribution is -2.27. The molecule has 1 fully saturated rings. The average molecular weight is 347 g/mol. The van der Waals surface area contributed by atoms with Crippen molar-refractivity contribution < 1.29 is 9.53 Å². The van der Waals surface area contributed by atoms with Crippen LogP contribution in [0.4, 0.5) is 5.69 Å². The molecular formula is C16H13NO2S3. The average Bonchev–Trinajstić information content (AvgIpc) is 3.10. The molecule has 0 bridgehead atoms. The maximum atomic E-state index is 12.6. The zero-order valence-corrected chi connectivity index (χ0v) is 14.3. The van der Waals surface area contributed by atoms with E-state index in [2.05, 4.69) is 0 Å². The molecule has 0 unspecified atom stereocenters. The van der Waals surface area contributed by atoms with Crippen LogP contribution in [-0.4, -0.2) is 16.8 Å². The largest absolute Gasteiger partial charge is 0.494 e. The summed E-state index contributed by atoms with van der Waals surface area (Å²) in [5.41, 5.74) is 0.764. The molecule has 22 heavy (non-hydrogen) atoms. The number of rotatable bonds is 4. The van der Waals surface area contributed by atoms with E-state index >= 15 is 0 Å². The van der Waals surface area contributed by atoms with E-state index in [-0.39, 0.29) is 5.91 Å². The molecule has 1 aliphatic rings. The maximum absolute atomic E-state index is 12.6. The predicted octanol–water partition coefficient (Wildman–Crippen LogP) is 4.55. The van der Waals surface area contributed by atoms with Crippen molar-refractivity contribution in [1.82, 2.24) is 0 Å². The van der Waals surface area contributed by atoms with Gasteiger partial charge in [0.15, 0.2) is 4.32 Å². The monoisotopic (exact) mass is 347 g/mol. The number of nitrogens with zero attached hydrogens (tertiary/aromatic N) is 1. The minimum atomic E-state index is -0.0763. The molecule has 1 aromatic carbocycles. The Labute approximate surface area is 142 Å². The molecule has 1 aliphatic heterocycles. The molecule has 2 heterocycles. The van der Waals surface area contributed by atoms with E-state index < -0.39 is 0 Å². The summed E-state index contributed by atoms with van der Waals surface area (Å²) in [5.74, 6) is 0.707. The van der Waals surface area contributed by atoms with E-state index in [0.717, 1.165) is 16.3 Å². The summed E-state index contributed by atoms with van der Waals surface area (Å²) in [7, 11) is 0. The molecule has 3 rings (SSSR count). The van der Waals surface area contributed by atoms with E-state index in [1.54, 1.807) is 16.2 Å². The van der Waals surface area contributed by atoms with Gasteiger partial charge in [-0.3, -0.25) is 9.69 Å². The Morgan fingerprint density at radius 3 is 2.68 bits per heavy atom. The van der Waals surface area contributed by atoms with Crippen molar-refractivity contribution in [1.29, 1.82) is 0 Å². The molecule has 0 saturated carbocycles. The number of carbonyl (C=O) groups excluding carboxylic acids is 1. The molecule has 1 saturated heterocycles. The molecule has 3 nitrogen and oxygen atoms in total. The van der Waals surface area contributed by atoms with Crippen molar-refractivity contribution in [3.05, 3.63) is 51.6 Å². The number of anilines is 1. The van der Waals surface area contributed by atoms with Gasteiger partial charge in [-0.2, -0.15) is 0 Å². The minimum absolute atomic E-state index is 0.0763. The van der Waals surface area contributed by atoms with E-state index in [9.17, 15) is 4.79 Å². The van der Waals surface area contributed by atoms with Crippen molar-refractivity contribution >= 4 is 57.3 Å². The molecule has 0 N–H and O–H groups in total. The standard InChI is InChI=1S/C16H13NO2S3/c1-2-19-12-7-5-11(6-8-12)17-15(18)14(22-16(17)20)10-13-4-3-9-21-13/h3-10H,2H2,1H3/b14-10+. The van der Waals surface area contributed by atoms with Crippen LogP contribution in [0.15, 0.2) is 46.7 Å². The van der Waals surface area contributed by atoms with Crippen molar-refractivity contribution in [2.24, 2.45) is 0 Å². The Morgan fingerprint density at radius 2 is 2.05 bits per heavy atom. The topological polar surface area (TPSA) is 29.5 Å². The van der Waals surface area contributed by atoms with Gasteiger partial charge in [0.05, 0.1) is 17.2 Å². The van der Waals surface area contributed by atoms with Crippen molar-refractivity contribution in [2.45, 2.75) is 6.92 Å². The number of amides is 1. The molecule has 112 valence electrons. The van der Waals surface area contributed by atoms with Crippen LogP contribution >= 0.6 is 35.3 Å². The van der Waals surface area contributed by atoms with Gasteiger partial charge in [0.1, 0.15) is 5.75 Å². The number of hydrogen-bond acceptors (Lipinski definition) is 5. The zero-order chi connectivity index (χ0) is 15.5. The Morgan fingerprint density at radius 1 is 1.27 bits per heavy atom. The number of benzene rings is 1. The van der Waals surface area contributed by atoms with Gasteiger partial charge < -0.3 is 4.74 Å². The highest BCUT2D eigenvalue weighted by Crippen LogP contribution is 2.36. The second-order valence-electron chi connectivity index (χ2n) is 4.46. The Balaban J connectivity index is 1.85. The van der Waals surface area contributed by atoms with Crippen LogP contribution in [0.2, 0.25) is 0 Å². The third kappa shape index (κ3) is 3.09. The first-order valence-electron chi connectivity index (χ1n) is 6.73. The fourth-order valence-corrected chi connectivity index (χ4v) is 4.07. The van der Waals surface area contributed by atoms with Gasteiger partial charge in [-0.05, 0) is 48.7 Å². The Bertz CT molecular complexity index is 720. The van der Waals surface area contributed by atoms with E-state index in [1.165, 1.54) is 11.8 Å². The second kappa shape index (κ2) is 6.64. The summed E-state index contributed by atoms with van der Waals surface area (Å²) < 4.78 is 5.97. The number of hydrogen-bond donors (Lipinski definition) is 0. The minimum Gasteiger partial charge on any atom is -0.494 e. The van der Waals surface area contributed by atoms with Crippen LogP contribution in [0.1, 0.15) is 11.8 Å². The molecule has 6 heteroatoms. The van der Waals surface area contributed by atoms with Gasteiger partial charge in [0.2, 0.25) is 0 Å². The maximum Gasteiger partial charge on any atom is 0.270 e. The Kier molecular flexibility index (Phi) is 4.61. The lowest BCUT2D eigenvalue weighted by Gasteiger charge is -2.15. The molecule has 0 spiro atoms. The number of thiocarbonyl (C=S) groups is 1. The van der Waals surface area contributed by atoms with Crippen molar-refractivity contribution in [3.8, 4) is 5.75 Å². The van der Waals surface area contributed by atoms with Gasteiger partial charge in [-0.15, -0.1) is 11.3 Å². The lowest BCUT2D eigenvalue weighted by atomic mass is 10.2. The van der Waals surface area contributed by atoms with E-state index in [0.29, 0.717) is 15.8 Å². The van der Waals surface area contributed by atoms with Gasteiger partial charge in [-0.1, -0.05) is 30.0 Å². The van der Waals surface area contributed by atoms with Gasteiger partial charge >= 0.3 is 0 Å². The van der Waals surface area contributed by atoms with Crippen molar-refractivity contribution in [3.63, 3.8) is 0 Å². The van der Waals surface area contributed by atoms with E-state index in [1.807, 2.05) is 54.8 Å². The normalized spacial score (nSPS) is 16.6. The highest BCUT2D eigenvalue weighted by Gasteiger charge is 2.33. The van der Waals surface area contributed by atoms with Crippen LogP contribution in [0.3, 0.4) is 0 Å². The lowest BCUT2D eigenvalue weighted by molar-refractivity contribution is -0.113. The van der Waals surface area contributed by atoms with Gasteiger partial charge in [0, 0.05) is 4.88 Å². The highest BCUT2D eigenvalue weighted by molar-refractivity contribution is 8.27. The summed E-state index contributed by atoms with van der Waals surface area (Å²) in [5, 5.41) is 1.99. The summed E-state index contributed by atoms with van der Waals surface area (Å²) in [4.78, 5) is 15.8. The number of ether oxygens (including phenoxy) is 1. The van der Waals surface area contributed by atoms with Crippen LogP contribution in [0, 0.1) is 0 Å². The summed E-state index contributed by atoms with van der Waals surface area (Å²) in [6.07, 6.45) is 1.89. The fraction of sp³-hybridized carbons (Fsp3) is 0.125. The third-order valence-electron chi connectivity index (χ3n) is 3.02. The smallest absolute Gasteiger partial charge is 0.270 e. The van der Waals surface area contributed by atoms with E-state index in [4.69, 9.17) is 17.0 Å². The first-order valence-corrected chi connectivity index (χ1v) is 8.84. The Hall–Kier alpha value is -1.63. The SMILES string of the molecule is CCOc1ccc(N2C(=O)/C(=C\c3cccs3)SC2=S)cc1. The molecule has 0 aliphatic carbocycles. The summed E-state index contributed by atoms with van der Waals surface area (Å²) >= 11 is 8.29. The molecule has 1 amide bonds. The third-order valence-corrected chi connectivity index (χ3v) is 5.14. The quantitative estimate of drug-likeness (QED) is 0.599. The highest BCUT2D eigenvalue weighted by atomic mass is 32.2. The molecule has 2 aromatic rings. The first kappa shape index (κ1) is 15.3. The second-order valence-corrected chi connectivity index (χ2v) is 7.11.